The largest absolute Gasteiger partial charge is 0.497 e. The van der Waals surface area contributed by atoms with E-state index in [9.17, 15) is 13.2 Å². The lowest BCUT2D eigenvalue weighted by molar-refractivity contribution is 0.0944. The van der Waals surface area contributed by atoms with Gasteiger partial charge in [-0.3, -0.25) is 4.79 Å². The van der Waals surface area contributed by atoms with Crippen molar-refractivity contribution in [2.75, 3.05) is 13.7 Å². The summed E-state index contributed by atoms with van der Waals surface area (Å²) in [6.45, 7) is 4.64. The van der Waals surface area contributed by atoms with Gasteiger partial charge in [-0.15, -0.1) is 5.10 Å². The Morgan fingerprint density at radius 2 is 1.87 bits per heavy atom. The molecule has 30 heavy (non-hydrogen) atoms. The Morgan fingerprint density at radius 1 is 1.20 bits per heavy atom. The zero-order chi connectivity index (χ0) is 21.7. The zero-order valence-corrected chi connectivity index (χ0v) is 18.4. The Hall–Kier alpha value is -2.46. The molecule has 1 aromatic heterocycles. The fourth-order valence-electron chi connectivity index (χ4n) is 3.45. The standard InChI is InChI=1S/C20H29N5O4S/c1-14(2)12-21-20(26)19-13-25(24-22-19)16-6-4-15(5-7-16)23-30(27,28)18-10-8-17(29-3)9-11-18/h8-11,13-16,23H,4-7,12H2,1-3H3,(H,21,26). The van der Waals surface area contributed by atoms with Crippen LogP contribution in [0.4, 0.5) is 0 Å². The molecule has 0 saturated heterocycles. The molecule has 10 heteroatoms. The molecule has 2 N–H and O–H groups in total. The first-order chi connectivity index (χ1) is 14.3. The summed E-state index contributed by atoms with van der Waals surface area (Å²) < 4.78 is 34.8. The summed E-state index contributed by atoms with van der Waals surface area (Å²) in [6.07, 6.45) is 4.56. The van der Waals surface area contributed by atoms with Gasteiger partial charge in [0.2, 0.25) is 10.0 Å². The summed E-state index contributed by atoms with van der Waals surface area (Å²) in [5.74, 6) is 0.747. The van der Waals surface area contributed by atoms with Crippen LogP contribution in [-0.4, -0.2) is 49.0 Å². The second-order valence-electron chi connectivity index (χ2n) is 7.99. The third kappa shape index (κ3) is 5.57. The van der Waals surface area contributed by atoms with Gasteiger partial charge in [0.25, 0.3) is 5.91 Å². The number of methoxy groups -OCH3 is 1. The van der Waals surface area contributed by atoms with E-state index in [-0.39, 0.29) is 22.9 Å². The van der Waals surface area contributed by atoms with E-state index in [1.165, 1.54) is 19.2 Å². The first kappa shape index (κ1) is 22.2. The minimum Gasteiger partial charge on any atom is -0.497 e. The smallest absolute Gasteiger partial charge is 0.273 e. The Kier molecular flexibility index (Phi) is 7.09. The zero-order valence-electron chi connectivity index (χ0n) is 17.5. The number of amides is 1. The molecule has 3 rings (SSSR count). The number of benzene rings is 1. The van der Waals surface area contributed by atoms with E-state index in [2.05, 4.69) is 20.4 Å². The van der Waals surface area contributed by atoms with Crippen molar-refractivity contribution >= 4 is 15.9 Å². The number of ether oxygens (including phenoxy) is 1. The molecular weight excluding hydrogens is 406 g/mol. The molecule has 1 heterocycles. The highest BCUT2D eigenvalue weighted by atomic mass is 32.2. The number of aromatic nitrogens is 3. The van der Waals surface area contributed by atoms with Crippen LogP contribution in [0.15, 0.2) is 35.4 Å². The highest BCUT2D eigenvalue weighted by molar-refractivity contribution is 7.89. The topological polar surface area (TPSA) is 115 Å². The van der Waals surface area contributed by atoms with Crippen LogP contribution in [0.2, 0.25) is 0 Å². The summed E-state index contributed by atoms with van der Waals surface area (Å²) in [7, 11) is -2.04. The molecule has 164 valence electrons. The molecule has 1 aromatic carbocycles. The Bertz CT molecular complexity index is 948. The first-order valence-electron chi connectivity index (χ1n) is 10.1. The fourth-order valence-corrected chi connectivity index (χ4v) is 4.75. The van der Waals surface area contributed by atoms with E-state index in [1.807, 2.05) is 13.8 Å². The summed E-state index contributed by atoms with van der Waals surface area (Å²) in [5.41, 5.74) is 0.304. The third-order valence-electron chi connectivity index (χ3n) is 5.18. The van der Waals surface area contributed by atoms with Gasteiger partial charge in [0.1, 0.15) is 5.75 Å². The Balaban J connectivity index is 1.54. The molecule has 0 aliphatic heterocycles. The SMILES string of the molecule is COc1ccc(S(=O)(=O)NC2CCC(n3cc(C(=O)NCC(C)C)nn3)CC2)cc1. The van der Waals surface area contributed by atoms with Gasteiger partial charge in [0.15, 0.2) is 5.69 Å². The summed E-state index contributed by atoms with van der Waals surface area (Å²) >= 11 is 0. The predicted octanol–water partition coefficient (Wildman–Crippen LogP) is 2.13. The average molecular weight is 436 g/mol. The lowest BCUT2D eigenvalue weighted by atomic mass is 9.92. The van der Waals surface area contributed by atoms with Crippen molar-refractivity contribution in [1.82, 2.24) is 25.0 Å². The number of rotatable bonds is 8. The summed E-state index contributed by atoms with van der Waals surface area (Å²) in [6, 6.07) is 6.30. The van der Waals surface area contributed by atoms with Crippen molar-refractivity contribution in [3.8, 4) is 5.75 Å². The van der Waals surface area contributed by atoms with Crippen LogP contribution in [0.25, 0.3) is 0 Å². The van der Waals surface area contributed by atoms with Crippen molar-refractivity contribution in [1.29, 1.82) is 0 Å². The van der Waals surface area contributed by atoms with Gasteiger partial charge in [0.05, 0.1) is 24.2 Å². The lowest BCUT2D eigenvalue weighted by Gasteiger charge is -2.28. The van der Waals surface area contributed by atoms with Crippen LogP contribution in [-0.2, 0) is 10.0 Å². The lowest BCUT2D eigenvalue weighted by Crippen LogP contribution is -2.38. The minimum absolute atomic E-state index is 0.103. The first-order valence-corrected chi connectivity index (χ1v) is 11.6. The quantitative estimate of drug-likeness (QED) is 0.656. The maximum absolute atomic E-state index is 12.6. The van der Waals surface area contributed by atoms with Crippen molar-refractivity contribution in [2.24, 2.45) is 5.92 Å². The molecule has 0 bridgehead atoms. The number of hydrogen-bond acceptors (Lipinski definition) is 6. The third-order valence-corrected chi connectivity index (χ3v) is 6.71. The average Bonchev–Trinajstić information content (AvgIpc) is 3.22. The molecule has 1 aliphatic carbocycles. The Labute approximate surface area is 177 Å². The minimum atomic E-state index is -3.58. The van der Waals surface area contributed by atoms with E-state index in [1.54, 1.807) is 23.0 Å². The van der Waals surface area contributed by atoms with Crippen LogP contribution in [0, 0.1) is 5.92 Å². The molecule has 0 unspecified atom stereocenters. The molecule has 1 saturated carbocycles. The van der Waals surface area contributed by atoms with Crippen molar-refractivity contribution in [3.05, 3.63) is 36.2 Å². The molecule has 9 nitrogen and oxygen atoms in total. The predicted molar refractivity (Wildman–Crippen MR) is 112 cm³/mol. The van der Waals surface area contributed by atoms with Crippen molar-refractivity contribution < 1.29 is 17.9 Å². The van der Waals surface area contributed by atoms with Gasteiger partial charge in [0, 0.05) is 12.6 Å². The Morgan fingerprint density at radius 3 is 2.47 bits per heavy atom. The van der Waals surface area contributed by atoms with Gasteiger partial charge < -0.3 is 10.1 Å². The van der Waals surface area contributed by atoms with Crippen LogP contribution < -0.4 is 14.8 Å². The normalized spacial score (nSPS) is 19.6. The number of nitrogens with one attached hydrogen (secondary N) is 2. The summed E-state index contributed by atoms with van der Waals surface area (Å²) in [5, 5.41) is 10.9. The molecular formula is C20H29N5O4S. The highest BCUT2D eigenvalue weighted by Crippen LogP contribution is 2.29. The maximum Gasteiger partial charge on any atom is 0.273 e. The van der Waals surface area contributed by atoms with Gasteiger partial charge in [-0.25, -0.2) is 17.8 Å². The van der Waals surface area contributed by atoms with E-state index in [0.29, 0.717) is 36.7 Å². The molecule has 0 spiro atoms. The molecule has 0 atom stereocenters. The molecule has 1 aliphatic rings. The van der Waals surface area contributed by atoms with E-state index < -0.39 is 10.0 Å². The second-order valence-corrected chi connectivity index (χ2v) is 9.70. The van der Waals surface area contributed by atoms with Crippen LogP contribution in [0.5, 0.6) is 5.75 Å². The molecule has 0 radical (unpaired) electrons. The van der Waals surface area contributed by atoms with Crippen molar-refractivity contribution in [3.63, 3.8) is 0 Å². The fraction of sp³-hybridized carbons (Fsp3) is 0.550. The molecule has 2 aromatic rings. The van der Waals surface area contributed by atoms with Crippen LogP contribution >= 0.6 is 0 Å². The van der Waals surface area contributed by atoms with Gasteiger partial charge in [-0.2, -0.15) is 0 Å². The summed E-state index contributed by atoms with van der Waals surface area (Å²) in [4.78, 5) is 12.3. The number of sulfonamides is 1. The van der Waals surface area contributed by atoms with E-state index in [0.717, 1.165) is 12.8 Å². The van der Waals surface area contributed by atoms with E-state index >= 15 is 0 Å². The van der Waals surface area contributed by atoms with Crippen molar-refractivity contribution in [2.45, 2.75) is 56.5 Å². The second kappa shape index (κ2) is 9.57. The number of nitrogens with zero attached hydrogens (tertiary/aromatic N) is 3. The van der Waals surface area contributed by atoms with Gasteiger partial charge in [-0.1, -0.05) is 19.1 Å². The highest BCUT2D eigenvalue weighted by Gasteiger charge is 2.27. The van der Waals surface area contributed by atoms with Crippen LogP contribution in [0.3, 0.4) is 0 Å². The van der Waals surface area contributed by atoms with Crippen LogP contribution in [0.1, 0.15) is 56.1 Å². The number of carbonyl (C=O) groups is 1. The number of hydrogen-bond donors (Lipinski definition) is 2. The maximum atomic E-state index is 12.6. The van der Waals surface area contributed by atoms with Gasteiger partial charge in [-0.05, 0) is 55.9 Å². The monoisotopic (exact) mass is 435 g/mol. The molecule has 1 amide bonds. The number of carbonyl (C=O) groups excluding carboxylic acids is 1. The van der Waals surface area contributed by atoms with Gasteiger partial charge >= 0.3 is 0 Å². The molecule has 1 fully saturated rings. The van der Waals surface area contributed by atoms with E-state index in [4.69, 9.17) is 4.74 Å².